The monoisotopic (exact) mass is 509 g/mol. The number of halogens is 6. The number of ether oxygens (including phenoxy) is 1. The Hall–Kier alpha value is -1.94. The molecule has 0 spiro atoms. The van der Waals surface area contributed by atoms with Crippen molar-refractivity contribution in [3.63, 3.8) is 0 Å². The minimum atomic E-state index is -4.97. The van der Waals surface area contributed by atoms with Crippen LogP contribution in [0.2, 0.25) is 0 Å². The van der Waals surface area contributed by atoms with Gasteiger partial charge in [-0.05, 0) is 82.3 Å². The Morgan fingerprint density at radius 1 is 0.886 bits per heavy atom. The molecule has 1 heterocycles. The lowest BCUT2D eigenvalue weighted by Gasteiger charge is -2.32. The van der Waals surface area contributed by atoms with Gasteiger partial charge in [-0.1, -0.05) is 0 Å². The predicted octanol–water partition coefficient (Wildman–Crippen LogP) is 6.57. The number of rotatable bonds is 13. The van der Waals surface area contributed by atoms with Gasteiger partial charge in [-0.15, -0.1) is 0 Å². The summed E-state index contributed by atoms with van der Waals surface area (Å²) in [5.74, 6) is -0.124. The van der Waals surface area contributed by atoms with Crippen molar-refractivity contribution in [2.24, 2.45) is 5.92 Å². The molecule has 0 aromatic heterocycles. The maximum atomic E-state index is 13.0. The maximum Gasteiger partial charge on any atom is 0.416 e. The van der Waals surface area contributed by atoms with Crippen LogP contribution in [0.5, 0.6) is 0 Å². The van der Waals surface area contributed by atoms with Gasteiger partial charge in [0.25, 0.3) is 0 Å². The van der Waals surface area contributed by atoms with Gasteiger partial charge in [-0.2, -0.15) is 26.3 Å². The van der Waals surface area contributed by atoms with E-state index in [1.54, 1.807) is 7.11 Å². The van der Waals surface area contributed by atoms with Crippen molar-refractivity contribution in [1.82, 2.24) is 4.90 Å². The van der Waals surface area contributed by atoms with Crippen molar-refractivity contribution < 1.29 is 40.7 Å². The molecule has 2 rings (SSSR count). The lowest BCUT2D eigenvalue weighted by atomic mass is 9.90. The Kier molecular flexibility index (Phi) is 11.2. The Bertz CT molecular complexity index is 797. The Labute approximate surface area is 202 Å². The standard InChI is InChI=1S/C25H33F6NO3/c1-35-14-10-22(33)6-2-3-11-32-12-8-18(9-13-32)5-4-7-23(34)19-15-20(24(26,27)28)17-21(16-19)25(29,30)31/h15-18H,2-14H2,1H3. The van der Waals surface area contributed by atoms with E-state index in [-0.39, 0.29) is 18.3 Å². The molecule has 198 valence electrons. The SMILES string of the molecule is COCCC(=O)CCCCN1CCC(CCCC(=O)c2cc(C(F)(F)F)cc(C(F)(F)F)c2)CC1. The van der Waals surface area contributed by atoms with Crippen LogP contribution in [-0.4, -0.2) is 49.8 Å². The first-order valence-electron chi connectivity index (χ1n) is 12.0. The lowest BCUT2D eigenvalue weighted by molar-refractivity contribution is -0.143. The molecule has 0 N–H and O–H groups in total. The Morgan fingerprint density at radius 2 is 1.49 bits per heavy atom. The molecular weight excluding hydrogens is 476 g/mol. The molecule has 1 saturated heterocycles. The normalized spacial score (nSPS) is 16.0. The molecule has 0 unspecified atom stereocenters. The van der Waals surface area contributed by atoms with Gasteiger partial charge in [0.2, 0.25) is 0 Å². The second kappa shape index (κ2) is 13.4. The summed E-state index contributed by atoms with van der Waals surface area (Å²) >= 11 is 0. The number of Topliss-reactive ketones (excluding diaryl/α,β-unsaturated/α-hetero) is 2. The highest BCUT2D eigenvalue weighted by Crippen LogP contribution is 2.36. The molecule has 1 aromatic carbocycles. The Balaban J connectivity index is 1.73. The van der Waals surface area contributed by atoms with Crippen LogP contribution in [0.15, 0.2) is 18.2 Å². The lowest BCUT2D eigenvalue weighted by Crippen LogP contribution is -2.34. The first-order valence-corrected chi connectivity index (χ1v) is 12.0. The number of hydrogen-bond donors (Lipinski definition) is 0. The van der Waals surface area contributed by atoms with Gasteiger partial charge in [0.1, 0.15) is 5.78 Å². The van der Waals surface area contributed by atoms with E-state index in [9.17, 15) is 35.9 Å². The van der Waals surface area contributed by atoms with E-state index in [1.807, 2.05) is 0 Å². The molecule has 0 saturated carbocycles. The molecule has 1 aromatic rings. The summed E-state index contributed by atoms with van der Waals surface area (Å²) in [4.78, 5) is 26.4. The van der Waals surface area contributed by atoms with Crippen LogP contribution in [0.4, 0.5) is 26.3 Å². The quantitative estimate of drug-likeness (QED) is 0.172. The van der Waals surface area contributed by atoms with Gasteiger partial charge in [-0.25, -0.2) is 0 Å². The summed E-state index contributed by atoms with van der Waals surface area (Å²) < 4.78 is 82.9. The van der Waals surface area contributed by atoms with Crippen LogP contribution in [0.3, 0.4) is 0 Å². The summed E-state index contributed by atoms with van der Waals surface area (Å²) in [5, 5.41) is 0. The van der Waals surface area contributed by atoms with Gasteiger partial charge < -0.3 is 9.64 Å². The highest BCUT2D eigenvalue weighted by atomic mass is 19.4. The zero-order valence-corrected chi connectivity index (χ0v) is 19.9. The second-order valence-corrected chi connectivity index (χ2v) is 9.13. The molecule has 0 radical (unpaired) electrons. The minimum Gasteiger partial charge on any atom is -0.384 e. The molecular formula is C25H33F6NO3. The van der Waals surface area contributed by atoms with Crippen molar-refractivity contribution in [1.29, 1.82) is 0 Å². The van der Waals surface area contributed by atoms with Crippen LogP contribution in [0.1, 0.15) is 79.3 Å². The Morgan fingerprint density at radius 3 is 2.03 bits per heavy atom. The third-order valence-electron chi connectivity index (χ3n) is 6.40. The highest BCUT2D eigenvalue weighted by Gasteiger charge is 2.37. The van der Waals surface area contributed by atoms with E-state index in [0.717, 1.165) is 45.3 Å². The highest BCUT2D eigenvalue weighted by molar-refractivity contribution is 5.96. The summed E-state index contributed by atoms with van der Waals surface area (Å²) in [5.41, 5.74) is -3.49. The molecule has 1 fully saturated rings. The van der Waals surface area contributed by atoms with Crippen molar-refractivity contribution in [2.75, 3.05) is 33.4 Å². The number of alkyl halides is 6. The van der Waals surface area contributed by atoms with Gasteiger partial charge in [0.15, 0.2) is 5.78 Å². The van der Waals surface area contributed by atoms with Crippen molar-refractivity contribution in [3.8, 4) is 0 Å². The minimum absolute atomic E-state index is 0.0316. The number of piperidine rings is 1. The van der Waals surface area contributed by atoms with Crippen LogP contribution in [0.25, 0.3) is 0 Å². The number of nitrogens with zero attached hydrogens (tertiary/aromatic N) is 1. The fourth-order valence-corrected chi connectivity index (χ4v) is 4.31. The molecule has 0 aliphatic carbocycles. The predicted molar refractivity (Wildman–Crippen MR) is 119 cm³/mol. The van der Waals surface area contributed by atoms with Gasteiger partial charge in [0, 0.05) is 31.9 Å². The van der Waals surface area contributed by atoms with E-state index in [1.165, 1.54) is 0 Å². The maximum absolute atomic E-state index is 13.0. The summed E-state index contributed by atoms with van der Waals surface area (Å²) in [6.07, 6.45) is -4.24. The number of carbonyl (C=O) groups is 2. The number of methoxy groups -OCH3 is 1. The van der Waals surface area contributed by atoms with Crippen LogP contribution in [-0.2, 0) is 21.9 Å². The van der Waals surface area contributed by atoms with Crippen LogP contribution < -0.4 is 0 Å². The van der Waals surface area contributed by atoms with Crippen LogP contribution >= 0.6 is 0 Å². The first-order chi connectivity index (χ1) is 16.4. The molecule has 0 bridgehead atoms. The van der Waals surface area contributed by atoms with Gasteiger partial charge >= 0.3 is 12.4 Å². The van der Waals surface area contributed by atoms with Crippen molar-refractivity contribution >= 4 is 11.6 Å². The van der Waals surface area contributed by atoms with E-state index < -0.39 is 34.8 Å². The second-order valence-electron chi connectivity index (χ2n) is 9.13. The average Bonchev–Trinajstić information content (AvgIpc) is 2.80. The number of carbonyl (C=O) groups excluding carboxylic acids is 2. The summed E-state index contributed by atoms with van der Waals surface area (Å²) in [6, 6.07) is 1.03. The van der Waals surface area contributed by atoms with Gasteiger partial charge in [-0.3, -0.25) is 9.59 Å². The molecule has 1 aliphatic rings. The fourth-order valence-electron chi connectivity index (χ4n) is 4.31. The van der Waals surface area contributed by atoms with Gasteiger partial charge in [0.05, 0.1) is 17.7 Å². The van der Waals surface area contributed by atoms with Crippen LogP contribution in [0, 0.1) is 5.92 Å². The van der Waals surface area contributed by atoms with Crippen molar-refractivity contribution in [3.05, 3.63) is 34.9 Å². The third kappa shape index (κ3) is 10.3. The molecule has 0 amide bonds. The number of benzene rings is 1. The molecule has 4 nitrogen and oxygen atoms in total. The van der Waals surface area contributed by atoms with E-state index in [2.05, 4.69) is 4.90 Å². The largest absolute Gasteiger partial charge is 0.416 e. The average molecular weight is 510 g/mol. The van der Waals surface area contributed by atoms with E-state index in [4.69, 9.17) is 4.74 Å². The molecule has 10 heteroatoms. The number of likely N-dealkylation sites (tertiary alicyclic amines) is 1. The van der Waals surface area contributed by atoms with Crippen molar-refractivity contribution in [2.45, 2.75) is 70.1 Å². The third-order valence-corrected chi connectivity index (χ3v) is 6.40. The smallest absolute Gasteiger partial charge is 0.384 e. The first kappa shape index (κ1) is 29.3. The number of hydrogen-bond acceptors (Lipinski definition) is 4. The van der Waals surface area contributed by atoms with E-state index >= 15 is 0 Å². The molecule has 1 aliphatic heterocycles. The number of unbranched alkanes of at least 4 members (excludes halogenated alkanes) is 1. The zero-order chi connectivity index (χ0) is 26.1. The molecule has 0 atom stereocenters. The summed E-state index contributed by atoms with van der Waals surface area (Å²) in [6.45, 7) is 3.17. The molecule has 35 heavy (non-hydrogen) atoms. The van der Waals surface area contributed by atoms with E-state index in [0.29, 0.717) is 50.3 Å². The fraction of sp³-hybridized carbons (Fsp3) is 0.680. The summed E-state index contributed by atoms with van der Waals surface area (Å²) in [7, 11) is 1.57. The zero-order valence-electron chi connectivity index (χ0n) is 19.9. The number of ketones is 2. The topological polar surface area (TPSA) is 46.6 Å².